The third kappa shape index (κ3) is 12.3. The summed E-state index contributed by atoms with van der Waals surface area (Å²) in [5.41, 5.74) is 52.7. The lowest BCUT2D eigenvalue weighted by atomic mass is 9.86. The van der Waals surface area contributed by atoms with Crippen LogP contribution in [0.15, 0.2) is 36.5 Å². The van der Waals surface area contributed by atoms with Crippen molar-refractivity contribution >= 4 is 0 Å². The maximum absolute atomic E-state index is 2.34. The molecule has 0 aliphatic rings. The van der Waals surface area contributed by atoms with E-state index in [4.69, 9.17) is 0 Å². The maximum Gasteiger partial charge on any atom is 0.216 e. The monoisotopic (exact) mass is 1100 g/mol. The molecule has 0 unspecified atom stereocenters. The van der Waals surface area contributed by atoms with Gasteiger partial charge in [-0.15, -0.1) is 0 Å². The van der Waals surface area contributed by atoms with E-state index in [1.807, 2.05) is 0 Å². The maximum atomic E-state index is 2.34. The molecule has 0 spiro atoms. The van der Waals surface area contributed by atoms with Gasteiger partial charge in [-0.25, -0.2) is 4.57 Å². The van der Waals surface area contributed by atoms with Crippen molar-refractivity contribution in [2.24, 2.45) is 28.2 Å². The number of pyridine rings is 4. The molecule has 4 aromatic heterocycles. The summed E-state index contributed by atoms with van der Waals surface area (Å²) in [5, 5.41) is 0. The van der Waals surface area contributed by atoms with E-state index in [0.717, 1.165) is 0 Å². The predicted octanol–water partition coefficient (Wildman–Crippen LogP) is 18.0. The van der Waals surface area contributed by atoms with Crippen molar-refractivity contribution in [1.82, 2.24) is 0 Å². The number of hydrogen-bond donors (Lipinski definition) is 0. The highest BCUT2D eigenvalue weighted by molar-refractivity contribution is 5.74. The largest absolute Gasteiger partial charge is 0.216 e. The molecule has 0 radical (unpaired) electrons. The summed E-state index contributed by atoms with van der Waals surface area (Å²) in [7, 11) is 8.69. The second-order valence-corrected chi connectivity index (χ2v) is 25.2. The molecule has 0 saturated carbocycles. The molecule has 4 aromatic carbocycles. The van der Waals surface area contributed by atoms with Gasteiger partial charge < -0.3 is 0 Å². The van der Waals surface area contributed by atoms with Crippen LogP contribution in [0, 0.1) is 208 Å². The van der Waals surface area contributed by atoms with Crippen LogP contribution in [0.25, 0.3) is 45.0 Å². The second kappa shape index (κ2) is 25.5. The molecule has 8 aromatic rings. The summed E-state index contributed by atoms with van der Waals surface area (Å²) in [4.78, 5) is 0. The van der Waals surface area contributed by atoms with Crippen molar-refractivity contribution in [3.05, 3.63) is 204 Å². The Bertz CT molecular complexity index is 3750. The van der Waals surface area contributed by atoms with Crippen molar-refractivity contribution in [1.29, 1.82) is 0 Å². The number of benzene rings is 4. The van der Waals surface area contributed by atoms with Gasteiger partial charge in [0.05, 0.1) is 16.7 Å². The third-order valence-corrected chi connectivity index (χ3v) is 21.2. The molecule has 0 atom stereocenters. The van der Waals surface area contributed by atoms with E-state index in [1.165, 1.54) is 212 Å². The van der Waals surface area contributed by atoms with Gasteiger partial charge in [-0.2, -0.15) is 13.7 Å². The molecule has 0 aliphatic carbocycles. The SMILES string of the molecule is Cc1c[n+](C)c(-c2c(C)c(C)c(C)c(C)c2C)c(C)c1C.Cc1cc(-c2c(C)c(C)c(C)c(C)c2C)[n+](C)c(C)c1C.Cc1cc(-c2cc(C)c(C)c(C)[n+]2C)c(C)c(C)c1C.Cc1cc(C)c(-c2cc(C)c(C)c(C)[n+]2C)c(C)c1C. The zero-order valence-electron chi connectivity index (χ0n) is 58.3. The number of aryl methyl sites for hydroxylation is 8. The molecule has 4 heteroatoms. The normalized spacial score (nSPS) is 11.0. The predicted molar refractivity (Wildman–Crippen MR) is 354 cm³/mol. The molecular weight excluding hydrogens is 993 g/mol. The van der Waals surface area contributed by atoms with Crippen LogP contribution in [0.1, 0.15) is 167 Å². The highest BCUT2D eigenvalue weighted by Gasteiger charge is 2.27. The van der Waals surface area contributed by atoms with Crippen molar-refractivity contribution in [2.45, 2.75) is 208 Å². The Morgan fingerprint density at radius 1 is 0.207 bits per heavy atom. The summed E-state index contributed by atoms with van der Waals surface area (Å²) >= 11 is 0. The number of hydrogen-bond acceptors (Lipinski definition) is 0. The molecular formula is C78H108N4+4. The summed E-state index contributed by atoms with van der Waals surface area (Å²) in [5.74, 6) is 0. The van der Waals surface area contributed by atoms with E-state index in [0.29, 0.717) is 0 Å². The highest BCUT2D eigenvalue weighted by Crippen LogP contribution is 2.37. The van der Waals surface area contributed by atoms with Crippen LogP contribution in [0.2, 0.25) is 0 Å². The zero-order chi connectivity index (χ0) is 62.5. The van der Waals surface area contributed by atoms with Crippen LogP contribution in [-0.4, -0.2) is 0 Å². The van der Waals surface area contributed by atoms with Crippen LogP contribution >= 0.6 is 0 Å². The van der Waals surface area contributed by atoms with Gasteiger partial charge in [0.2, 0.25) is 22.8 Å². The van der Waals surface area contributed by atoms with E-state index >= 15 is 0 Å². The molecule has 436 valence electrons. The molecule has 0 aliphatic heterocycles. The molecule has 4 nitrogen and oxygen atoms in total. The van der Waals surface area contributed by atoms with Gasteiger partial charge in [-0.1, -0.05) is 6.07 Å². The van der Waals surface area contributed by atoms with Crippen LogP contribution in [0.4, 0.5) is 0 Å². The van der Waals surface area contributed by atoms with Crippen molar-refractivity contribution in [3.8, 4) is 45.0 Å². The van der Waals surface area contributed by atoms with Gasteiger partial charge in [0.1, 0.15) is 28.2 Å². The lowest BCUT2D eigenvalue weighted by Crippen LogP contribution is -2.36. The van der Waals surface area contributed by atoms with Gasteiger partial charge in [0.15, 0.2) is 23.3 Å². The lowest BCUT2D eigenvalue weighted by Gasteiger charge is -2.19. The van der Waals surface area contributed by atoms with Crippen molar-refractivity contribution in [2.75, 3.05) is 0 Å². The highest BCUT2D eigenvalue weighted by atomic mass is 15.0. The quantitative estimate of drug-likeness (QED) is 0.156. The first kappa shape index (κ1) is 66.3. The van der Waals surface area contributed by atoms with Crippen LogP contribution in [0.3, 0.4) is 0 Å². The third-order valence-electron chi connectivity index (χ3n) is 21.2. The first-order chi connectivity index (χ1) is 37.9. The summed E-state index contributed by atoms with van der Waals surface area (Å²) in [6.07, 6.45) is 2.25. The van der Waals surface area contributed by atoms with Crippen molar-refractivity contribution < 1.29 is 18.3 Å². The molecule has 0 fully saturated rings. The van der Waals surface area contributed by atoms with E-state index in [-0.39, 0.29) is 0 Å². The minimum absolute atomic E-state index is 1.31. The van der Waals surface area contributed by atoms with E-state index in [1.54, 1.807) is 0 Å². The Kier molecular flexibility index (Phi) is 20.6. The Labute approximate surface area is 500 Å². The first-order valence-corrected chi connectivity index (χ1v) is 30.0. The van der Waals surface area contributed by atoms with Gasteiger partial charge >= 0.3 is 0 Å². The fourth-order valence-corrected chi connectivity index (χ4v) is 12.6. The molecule has 4 heterocycles. The Hall–Kier alpha value is -6.52. The number of nitrogens with zero attached hydrogens (tertiary/aromatic N) is 4. The second-order valence-electron chi connectivity index (χ2n) is 25.2. The minimum atomic E-state index is 1.31. The fraction of sp³-hybridized carbons (Fsp3) is 0.436. The zero-order valence-corrected chi connectivity index (χ0v) is 58.3. The van der Waals surface area contributed by atoms with Crippen LogP contribution in [-0.2, 0) is 28.2 Å². The van der Waals surface area contributed by atoms with Gasteiger partial charge in [-0.3, -0.25) is 0 Å². The van der Waals surface area contributed by atoms with Gasteiger partial charge in [0.25, 0.3) is 0 Å². The van der Waals surface area contributed by atoms with Crippen molar-refractivity contribution in [3.63, 3.8) is 0 Å². The van der Waals surface area contributed by atoms with Gasteiger partial charge in [-0.05, 0) is 315 Å². The standard InChI is InChI=1S/2C20H28N.2C19H26N/c1-11-10-21(9)20(18(8)12(11)2)19-16(6)14(4)13(3)15(5)17(19)7;1-11-10-19(21(9)18(8)12(11)2)20-16(6)14(4)13(3)15(5)17(20)7;1-11-9-18(16(6)15(5)13(11)3)19-10-12(2)14(4)17(7)20(19)8;1-11-9-13(3)19(16(6)14(11)4)18-10-12(2)15(5)17(7)20(18)8/h2*10H,1-9H3;2*9-10H,1-8H3/q4*+1. The summed E-state index contributed by atoms with van der Waals surface area (Å²) in [6, 6.07) is 11.6. The topological polar surface area (TPSA) is 15.5 Å². The summed E-state index contributed by atoms with van der Waals surface area (Å²) < 4.78 is 9.28. The number of rotatable bonds is 4. The lowest BCUT2D eigenvalue weighted by molar-refractivity contribution is -0.667. The van der Waals surface area contributed by atoms with Crippen LogP contribution < -0.4 is 18.3 Å². The fourth-order valence-electron chi connectivity index (χ4n) is 12.6. The van der Waals surface area contributed by atoms with Crippen LogP contribution in [0.5, 0.6) is 0 Å². The van der Waals surface area contributed by atoms with E-state index < -0.39 is 0 Å². The molecule has 0 amide bonds. The Balaban J connectivity index is 0.000000200. The average molecular weight is 1100 g/mol. The summed E-state index contributed by atoms with van der Waals surface area (Å²) in [6.45, 7) is 66.8. The minimum Gasteiger partial charge on any atom is -0.200 e. The molecule has 0 saturated heterocycles. The number of aromatic nitrogens is 4. The smallest absolute Gasteiger partial charge is 0.200 e. The van der Waals surface area contributed by atoms with E-state index in [2.05, 4.69) is 291 Å². The molecule has 82 heavy (non-hydrogen) atoms. The van der Waals surface area contributed by atoms with E-state index in [9.17, 15) is 0 Å². The molecule has 0 N–H and O–H groups in total. The average Bonchev–Trinajstić information content (AvgIpc) is 3.62. The Morgan fingerprint density at radius 2 is 0.488 bits per heavy atom. The first-order valence-electron chi connectivity index (χ1n) is 30.0. The molecule has 0 bridgehead atoms. The molecule has 8 rings (SSSR count). The van der Waals surface area contributed by atoms with Gasteiger partial charge in [0, 0.05) is 72.4 Å². The Morgan fingerprint density at radius 3 is 0.902 bits per heavy atom.